The number of hydrogen-bond acceptors (Lipinski definition) is 2. The maximum absolute atomic E-state index is 7.03. The first-order chi connectivity index (χ1) is 4.48. The summed E-state index contributed by atoms with van der Waals surface area (Å²) in [7, 11) is 0. The lowest BCUT2D eigenvalue weighted by Crippen LogP contribution is -2.21. The Morgan fingerprint density at radius 3 is 2.30 bits per heavy atom. The molecule has 0 unspecified atom stereocenters. The van der Waals surface area contributed by atoms with Crippen LogP contribution in [0.4, 0.5) is 0 Å². The van der Waals surface area contributed by atoms with E-state index in [4.69, 9.17) is 44.9 Å². The van der Waals surface area contributed by atoms with Gasteiger partial charge in [-0.2, -0.15) is 0 Å². The second-order valence-electron chi connectivity index (χ2n) is 1.68. The van der Waals surface area contributed by atoms with E-state index in [0.717, 1.165) is 6.42 Å². The molecule has 2 nitrogen and oxygen atoms in total. The van der Waals surface area contributed by atoms with Crippen molar-refractivity contribution in [1.29, 1.82) is 5.41 Å². The Balaban J connectivity index is 3.64. The fourth-order valence-electron chi connectivity index (χ4n) is 0.286. The van der Waals surface area contributed by atoms with E-state index in [0.29, 0.717) is 6.61 Å². The van der Waals surface area contributed by atoms with Crippen molar-refractivity contribution in [3.63, 3.8) is 0 Å². The zero-order valence-corrected chi connectivity index (χ0v) is 7.72. The standard InChI is InChI=1S/C5H8Cl3NO/c1-2-3-10-4(9)5(6,7)8/h9H,2-3H2,1H3. The molecular formula is C5H8Cl3NO. The van der Waals surface area contributed by atoms with Crippen LogP contribution in [0.15, 0.2) is 0 Å². The van der Waals surface area contributed by atoms with Gasteiger partial charge in [0.25, 0.3) is 3.79 Å². The maximum Gasteiger partial charge on any atom is 0.265 e. The third kappa shape index (κ3) is 4.20. The number of nitrogens with one attached hydrogen (secondary N) is 1. The second kappa shape index (κ2) is 4.27. The van der Waals surface area contributed by atoms with Crippen LogP contribution in [0.25, 0.3) is 0 Å². The third-order valence-corrected chi connectivity index (χ3v) is 1.22. The summed E-state index contributed by atoms with van der Waals surface area (Å²) in [6.07, 6.45) is 0.795. The lowest BCUT2D eigenvalue weighted by atomic mass is 10.5. The minimum Gasteiger partial charge on any atom is -0.478 e. The fourth-order valence-corrected chi connectivity index (χ4v) is 0.450. The van der Waals surface area contributed by atoms with Crippen LogP contribution in [0.5, 0.6) is 0 Å². The van der Waals surface area contributed by atoms with Crippen LogP contribution in [0, 0.1) is 5.41 Å². The lowest BCUT2D eigenvalue weighted by Gasteiger charge is -2.12. The first-order valence-electron chi connectivity index (χ1n) is 2.77. The van der Waals surface area contributed by atoms with Gasteiger partial charge < -0.3 is 4.74 Å². The van der Waals surface area contributed by atoms with Crippen LogP contribution in [-0.2, 0) is 4.74 Å². The minimum atomic E-state index is -1.71. The number of hydrogen-bond donors (Lipinski definition) is 1. The zero-order chi connectivity index (χ0) is 8.20. The molecule has 0 fully saturated rings. The normalized spacial score (nSPS) is 11.2. The summed E-state index contributed by atoms with van der Waals surface area (Å²) >= 11 is 15.9. The molecule has 0 saturated heterocycles. The van der Waals surface area contributed by atoms with Crippen molar-refractivity contribution in [3.05, 3.63) is 0 Å². The van der Waals surface area contributed by atoms with Crippen molar-refractivity contribution >= 4 is 40.7 Å². The highest BCUT2D eigenvalue weighted by atomic mass is 35.6. The zero-order valence-electron chi connectivity index (χ0n) is 5.46. The summed E-state index contributed by atoms with van der Waals surface area (Å²) in [5, 5.41) is 7.03. The van der Waals surface area contributed by atoms with Gasteiger partial charge in [0.1, 0.15) is 0 Å². The molecule has 0 heterocycles. The van der Waals surface area contributed by atoms with Crippen molar-refractivity contribution in [1.82, 2.24) is 0 Å². The van der Waals surface area contributed by atoms with E-state index in [-0.39, 0.29) is 5.90 Å². The maximum atomic E-state index is 7.03. The summed E-state index contributed by atoms with van der Waals surface area (Å²) in [6.45, 7) is 2.32. The van der Waals surface area contributed by atoms with Crippen LogP contribution in [-0.4, -0.2) is 16.3 Å². The molecule has 0 aliphatic heterocycles. The highest BCUT2D eigenvalue weighted by Gasteiger charge is 2.28. The molecule has 0 aromatic rings. The molecule has 0 bridgehead atoms. The molecule has 0 spiro atoms. The SMILES string of the molecule is CCCOC(=N)C(Cl)(Cl)Cl. The molecule has 0 radical (unpaired) electrons. The fraction of sp³-hybridized carbons (Fsp3) is 0.800. The molecule has 5 heteroatoms. The largest absolute Gasteiger partial charge is 0.478 e. The second-order valence-corrected chi connectivity index (χ2v) is 3.96. The van der Waals surface area contributed by atoms with Crippen molar-refractivity contribution in [2.45, 2.75) is 17.1 Å². The quantitative estimate of drug-likeness (QED) is 0.419. The van der Waals surface area contributed by atoms with Crippen molar-refractivity contribution in [3.8, 4) is 0 Å². The monoisotopic (exact) mass is 203 g/mol. The number of halogens is 3. The van der Waals surface area contributed by atoms with Gasteiger partial charge in [-0.25, -0.2) is 0 Å². The van der Waals surface area contributed by atoms with Gasteiger partial charge in [0, 0.05) is 0 Å². The van der Waals surface area contributed by atoms with Gasteiger partial charge in [0.15, 0.2) is 0 Å². The topological polar surface area (TPSA) is 33.1 Å². The number of ether oxygens (including phenoxy) is 1. The van der Waals surface area contributed by atoms with E-state index in [1.165, 1.54) is 0 Å². The molecule has 0 aromatic carbocycles. The molecule has 10 heavy (non-hydrogen) atoms. The Morgan fingerprint density at radius 1 is 1.50 bits per heavy atom. The number of alkyl halides is 3. The van der Waals surface area contributed by atoms with E-state index in [1.807, 2.05) is 6.92 Å². The summed E-state index contributed by atoms with van der Waals surface area (Å²) < 4.78 is 3.03. The summed E-state index contributed by atoms with van der Waals surface area (Å²) in [4.78, 5) is 0. The molecule has 60 valence electrons. The lowest BCUT2D eigenvalue weighted by molar-refractivity contribution is 0.296. The van der Waals surface area contributed by atoms with E-state index in [2.05, 4.69) is 0 Å². The highest BCUT2D eigenvalue weighted by Crippen LogP contribution is 2.27. The highest BCUT2D eigenvalue weighted by molar-refractivity contribution is 6.75. The van der Waals surface area contributed by atoms with E-state index in [1.54, 1.807) is 0 Å². The average molecular weight is 204 g/mol. The van der Waals surface area contributed by atoms with E-state index in [9.17, 15) is 0 Å². The third-order valence-electron chi connectivity index (χ3n) is 0.708. The minimum absolute atomic E-state index is 0.320. The van der Waals surface area contributed by atoms with Crippen LogP contribution in [0.1, 0.15) is 13.3 Å². The Hall–Kier alpha value is 0.340. The summed E-state index contributed by atoms with van der Waals surface area (Å²) in [5.74, 6) is -0.320. The Bertz CT molecular complexity index is 121. The van der Waals surface area contributed by atoms with Gasteiger partial charge in [-0.05, 0) is 6.42 Å². The van der Waals surface area contributed by atoms with E-state index >= 15 is 0 Å². The van der Waals surface area contributed by atoms with Gasteiger partial charge in [-0.3, -0.25) is 5.41 Å². The van der Waals surface area contributed by atoms with Crippen LogP contribution < -0.4 is 0 Å². The molecule has 0 atom stereocenters. The van der Waals surface area contributed by atoms with Gasteiger partial charge >= 0.3 is 0 Å². The summed E-state index contributed by atoms with van der Waals surface area (Å²) in [5.41, 5.74) is 0. The molecule has 0 amide bonds. The van der Waals surface area contributed by atoms with Gasteiger partial charge in [0.2, 0.25) is 5.90 Å². The van der Waals surface area contributed by atoms with Crippen molar-refractivity contribution in [2.75, 3.05) is 6.61 Å². The van der Waals surface area contributed by atoms with Gasteiger partial charge in [-0.15, -0.1) is 0 Å². The first kappa shape index (κ1) is 10.3. The van der Waals surface area contributed by atoms with Crippen LogP contribution >= 0.6 is 34.8 Å². The number of rotatable bonds is 2. The van der Waals surface area contributed by atoms with Gasteiger partial charge in [0.05, 0.1) is 6.61 Å². The molecule has 1 N–H and O–H groups in total. The Labute approximate surface area is 74.9 Å². The van der Waals surface area contributed by atoms with Crippen molar-refractivity contribution < 1.29 is 4.74 Å². The Kier molecular flexibility index (Phi) is 4.41. The summed E-state index contributed by atoms with van der Waals surface area (Å²) in [6, 6.07) is 0. The predicted octanol–water partition coefficient (Wildman–Crippen LogP) is 2.76. The molecule has 0 saturated carbocycles. The molecule has 0 rings (SSSR count). The first-order valence-corrected chi connectivity index (χ1v) is 3.90. The average Bonchev–Trinajstić information content (AvgIpc) is 1.80. The predicted molar refractivity (Wildman–Crippen MR) is 44.3 cm³/mol. The van der Waals surface area contributed by atoms with Crippen LogP contribution in [0.2, 0.25) is 0 Å². The smallest absolute Gasteiger partial charge is 0.265 e. The van der Waals surface area contributed by atoms with Gasteiger partial charge in [-0.1, -0.05) is 41.7 Å². The molecular weight excluding hydrogens is 196 g/mol. The molecule has 0 aromatic heterocycles. The van der Waals surface area contributed by atoms with Crippen LogP contribution in [0.3, 0.4) is 0 Å². The molecule has 0 aliphatic rings. The molecule has 0 aliphatic carbocycles. The Morgan fingerprint density at radius 2 is 2.00 bits per heavy atom. The van der Waals surface area contributed by atoms with Crippen molar-refractivity contribution in [2.24, 2.45) is 0 Å². The van der Waals surface area contributed by atoms with E-state index < -0.39 is 3.79 Å².